The second-order valence-electron chi connectivity index (χ2n) is 9.17. The van der Waals surface area contributed by atoms with Crippen LogP contribution >= 0.6 is 0 Å². The van der Waals surface area contributed by atoms with Crippen LogP contribution in [0, 0.1) is 17.6 Å². The van der Waals surface area contributed by atoms with Crippen molar-refractivity contribution >= 4 is 11.8 Å². The maximum Gasteiger partial charge on any atom is 0.393 e. The normalized spacial score (nSPS) is 16.9. The minimum absolute atomic E-state index is 0.0231. The Kier molecular flexibility index (Phi) is 6.39. The van der Waals surface area contributed by atoms with E-state index in [-0.39, 0.29) is 48.6 Å². The van der Waals surface area contributed by atoms with E-state index in [1.807, 2.05) is 0 Å². The van der Waals surface area contributed by atoms with Crippen LogP contribution < -0.4 is 0 Å². The van der Waals surface area contributed by atoms with Gasteiger partial charge < -0.3 is 9.80 Å². The number of alkyl halides is 3. The van der Waals surface area contributed by atoms with Crippen LogP contribution in [0.1, 0.15) is 65.5 Å². The van der Waals surface area contributed by atoms with Crippen LogP contribution in [0.4, 0.5) is 22.0 Å². The zero-order chi connectivity index (χ0) is 24.8. The lowest BCUT2D eigenvalue weighted by Crippen LogP contribution is -2.39. The van der Waals surface area contributed by atoms with Crippen LogP contribution in [-0.4, -0.2) is 51.1 Å². The predicted molar refractivity (Wildman–Crippen MR) is 112 cm³/mol. The van der Waals surface area contributed by atoms with Gasteiger partial charge in [0.05, 0.1) is 25.2 Å². The number of carbonyl (C=O) groups is 2. The third-order valence-corrected chi connectivity index (χ3v) is 6.49. The number of benzene rings is 1. The van der Waals surface area contributed by atoms with Crippen molar-refractivity contribution in [2.24, 2.45) is 5.92 Å². The van der Waals surface area contributed by atoms with Crippen molar-refractivity contribution < 1.29 is 31.5 Å². The van der Waals surface area contributed by atoms with Gasteiger partial charge in [-0.25, -0.2) is 8.78 Å². The van der Waals surface area contributed by atoms with Gasteiger partial charge in [-0.1, -0.05) is 19.9 Å². The van der Waals surface area contributed by atoms with Gasteiger partial charge >= 0.3 is 6.18 Å². The first-order chi connectivity index (χ1) is 16.0. The highest BCUT2D eigenvalue weighted by Crippen LogP contribution is 2.36. The van der Waals surface area contributed by atoms with Gasteiger partial charge in [-0.2, -0.15) is 18.3 Å². The van der Waals surface area contributed by atoms with Crippen molar-refractivity contribution in [1.82, 2.24) is 20.0 Å². The fourth-order valence-electron chi connectivity index (χ4n) is 4.75. The molecule has 0 saturated carbocycles. The number of aromatic amines is 1. The Hall–Kier alpha value is -2.98. The van der Waals surface area contributed by atoms with Gasteiger partial charge in [0.2, 0.25) is 5.91 Å². The number of aromatic nitrogens is 2. The number of H-pyrrole nitrogens is 1. The number of hydrogen-bond acceptors (Lipinski definition) is 3. The predicted octanol–water partition coefficient (Wildman–Crippen LogP) is 4.31. The number of nitrogens with one attached hydrogen (secondary N) is 1. The molecule has 0 bridgehead atoms. The summed E-state index contributed by atoms with van der Waals surface area (Å²) in [7, 11) is 0. The van der Waals surface area contributed by atoms with Gasteiger partial charge in [0, 0.05) is 30.1 Å². The largest absolute Gasteiger partial charge is 0.393 e. The highest BCUT2D eigenvalue weighted by Gasteiger charge is 2.36. The van der Waals surface area contributed by atoms with Crippen LogP contribution in [0.3, 0.4) is 0 Å². The summed E-state index contributed by atoms with van der Waals surface area (Å²) in [5, 5.41) is 6.96. The molecular weight excluding hydrogens is 459 g/mol. The summed E-state index contributed by atoms with van der Waals surface area (Å²) >= 11 is 0. The fraction of sp³-hybridized carbons (Fsp3) is 0.522. The van der Waals surface area contributed by atoms with E-state index < -0.39 is 35.7 Å². The van der Waals surface area contributed by atoms with E-state index in [1.54, 1.807) is 23.6 Å². The number of halogens is 5. The summed E-state index contributed by atoms with van der Waals surface area (Å²) < 4.78 is 66.8. The van der Waals surface area contributed by atoms with Gasteiger partial charge in [-0.15, -0.1) is 0 Å². The van der Waals surface area contributed by atoms with Gasteiger partial charge in [-0.05, 0) is 30.4 Å². The zero-order valence-electron chi connectivity index (χ0n) is 18.8. The molecule has 1 fully saturated rings. The van der Waals surface area contributed by atoms with Crippen molar-refractivity contribution in [2.75, 3.05) is 13.1 Å². The van der Waals surface area contributed by atoms with E-state index in [1.165, 1.54) is 6.07 Å². The molecule has 2 amide bonds. The standard InChI is InChI=1S/C23H25F5N4O2/c1-12(2)21(33)32-10-16-18(11-32)29-30-20(16)22(34)31-7-5-13(6-8-31)14-3-4-17(24)19(25)15(14)9-23(26,27)28/h3-4,12-13H,5-11H2,1-2H3,(H,29,30). The molecule has 1 saturated heterocycles. The summed E-state index contributed by atoms with van der Waals surface area (Å²) in [5.41, 5.74) is 1.09. The van der Waals surface area contributed by atoms with Crippen molar-refractivity contribution in [3.63, 3.8) is 0 Å². The van der Waals surface area contributed by atoms with Crippen molar-refractivity contribution in [3.05, 3.63) is 51.8 Å². The molecule has 0 aliphatic carbocycles. The quantitative estimate of drug-likeness (QED) is 0.658. The fourth-order valence-corrected chi connectivity index (χ4v) is 4.75. The molecule has 11 heteroatoms. The molecule has 4 rings (SSSR count). The van der Waals surface area contributed by atoms with Crippen LogP contribution in [0.5, 0.6) is 0 Å². The Morgan fingerprint density at radius 1 is 1.12 bits per heavy atom. The monoisotopic (exact) mass is 484 g/mol. The smallest absolute Gasteiger partial charge is 0.337 e. The maximum atomic E-state index is 14.2. The molecule has 1 aromatic carbocycles. The summed E-state index contributed by atoms with van der Waals surface area (Å²) in [6.45, 7) is 4.73. The molecule has 34 heavy (non-hydrogen) atoms. The van der Waals surface area contributed by atoms with E-state index in [9.17, 15) is 31.5 Å². The number of carbonyl (C=O) groups excluding carboxylic acids is 2. The number of hydrogen-bond donors (Lipinski definition) is 1. The summed E-state index contributed by atoms with van der Waals surface area (Å²) in [5.74, 6) is -3.73. The van der Waals surface area contributed by atoms with E-state index in [0.29, 0.717) is 30.6 Å². The molecule has 0 spiro atoms. The van der Waals surface area contributed by atoms with Crippen molar-refractivity contribution in [3.8, 4) is 0 Å². The lowest BCUT2D eigenvalue weighted by atomic mass is 9.85. The third kappa shape index (κ3) is 4.65. The summed E-state index contributed by atoms with van der Waals surface area (Å²) in [6, 6.07) is 2.06. The first-order valence-corrected chi connectivity index (χ1v) is 11.1. The minimum Gasteiger partial charge on any atom is -0.337 e. The van der Waals surface area contributed by atoms with Crippen molar-refractivity contribution in [1.29, 1.82) is 0 Å². The lowest BCUT2D eigenvalue weighted by Gasteiger charge is -2.33. The molecule has 0 unspecified atom stereocenters. The van der Waals surface area contributed by atoms with Crippen LogP contribution in [0.25, 0.3) is 0 Å². The minimum atomic E-state index is -4.68. The summed E-state index contributed by atoms with van der Waals surface area (Å²) in [4.78, 5) is 28.6. The van der Waals surface area contributed by atoms with E-state index >= 15 is 0 Å². The molecule has 1 aromatic heterocycles. The average molecular weight is 484 g/mol. The van der Waals surface area contributed by atoms with E-state index in [4.69, 9.17) is 0 Å². The van der Waals surface area contributed by atoms with E-state index in [2.05, 4.69) is 10.2 Å². The Morgan fingerprint density at radius 3 is 2.41 bits per heavy atom. The Morgan fingerprint density at radius 2 is 1.79 bits per heavy atom. The number of nitrogens with zero attached hydrogens (tertiary/aromatic N) is 3. The molecule has 6 nitrogen and oxygen atoms in total. The number of piperidine rings is 1. The Labute approximate surface area is 193 Å². The molecule has 3 heterocycles. The number of rotatable bonds is 4. The molecule has 2 aliphatic rings. The molecule has 2 aliphatic heterocycles. The first kappa shape index (κ1) is 24.2. The maximum absolute atomic E-state index is 14.2. The molecule has 0 radical (unpaired) electrons. The Balaban J connectivity index is 1.46. The number of fused-ring (bicyclic) bond motifs is 1. The highest BCUT2D eigenvalue weighted by atomic mass is 19.4. The third-order valence-electron chi connectivity index (χ3n) is 6.49. The topological polar surface area (TPSA) is 69.3 Å². The van der Waals surface area contributed by atoms with E-state index in [0.717, 1.165) is 6.07 Å². The SMILES string of the molecule is CC(C)C(=O)N1Cc2[nH]nc(C(=O)N3CCC(c4ccc(F)c(F)c4CC(F)(F)F)CC3)c2C1. The molecular formula is C23H25F5N4O2. The molecule has 2 aromatic rings. The second kappa shape index (κ2) is 8.99. The van der Waals surface area contributed by atoms with Crippen LogP contribution in [0.2, 0.25) is 0 Å². The average Bonchev–Trinajstić information content (AvgIpc) is 3.36. The van der Waals surface area contributed by atoms with Crippen molar-refractivity contribution in [2.45, 2.75) is 58.3 Å². The number of likely N-dealkylation sites (tertiary alicyclic amines) is 1. The molecule has 184 valence electrons. The Bertz CT molecular complexity index is 1100. The molecule has 1 N–H and O–H groups in total. The van der Waals surface area contributed by atoms with Gasteiger partial charge in [0.25, 0.3) is 5.91 Å². The highest BCUT2D eigenvalue weighted by molar-refractivity contribution is 5.94. The van der Waals surface area contributed by atoms with Gasteiger partial charge in [-0.3, -0.25) is 14.7 Å². The lowest BCUT2D eigenvalue weighted by molar-refractivity contribution is -0.135. The summed E-state index contributed by atoms with van der Waals surface area (Å²) in [6.07, 6.45) is -5.60. The second-order valence-corrected chi connectivity index (χ2v) is 9.17. The van der Waals surface area contributed by atoms with Gasteiger partial charge in [0.15, 0.2) is 17.3 Å². The first-order valence-electron chi connectivity index (χ1n) is 11.1. The van der Waals surface area contributed by atoms with Gasteiger partial charge in [0.1, 0.15) is 0 Å². The number of amides is 2. The van der Waals surface area contributed by atoms with Crippen LogP contribution in [0.15, 0.2) is 12.1 Å². The molecule has 0 atom stereocenters. The van der Waals surface area contributed by atoms with Crippen LogP contribution in [-0.2, 0) is 24.3 Å². The zero-order valence-corrected chi connectivity index (χ0v) is 18.8.